The van der Waals surface area contributed by atoms with E-state index in [2.05, 4.69) is 15.9 Å². The maximum absolute atomic E-state index is 12.4. The summed E-state index contributed by atoms with van der Waals surface area (Å²) in [4.78, 5) is 14.3. The van der Waals surface area contributed by atoms with Crippen molar-refractivity contribution in [3.63, 3.8) is 0 Å². The number of nitrogens with zero attached hydrogens (tertiary/aromatic N) is 1. The molecule has 0 aromatic heterocycles. The summed E-state index contributed by atoms with van der Waals surface area (Å²) in [5, 5.41) is 0. The summed E-state index contributed by atoms with van der Waals surface area (Å²) in [5.41, 5.74) is -0.0168. The Morgan fingerprint density at radius 1 is 1.19 bits per heavy atom. The molecule has 16 heavy (non-hydrogen) atoms. The van der Waals surface area contributed by atoms with Crippen LogP contribution in [0.5, 0.6) is 0 Å². The maximum Gasteiger partial charge on any atom is 0.228 e. The highest BCUT2D eigenvalue weighted by atomic mass is 79.9. The van der Waals surface area contributed by atoms with Crippen molar-refractivity contribution >= 4 is 21.8 Å². The van der Waals surface area contributed by atoms with E-state index in [9.17, 15) is 4.79 Å². The lowest BCUT2D eigenvalue weighted by Gasteiger charge is -2.59. The minimum absolute atomic E-state index is 0.0168. The summed E-state index contributed by atoms with van der Waals surface area (Å²) < 4.78 is 0.294. The third kappa shape index (κ3) is 1.47. The number of carbonyl (C=O) groups excluding carboxylic acids is 1. The van der Waals surface area contributed by atoms with E-state index in [1.807, 2.05) is 19.0 Å². The summed E-state index contributed by atoms with van der Waals surface area (Å²) in [6, 6.07) is 0. The predicted molar refractivity (Wildman–Crippen MR) is 67.5 cm³/mol. The summed E-state index contributed by atoms with van der Waals surface area (Å²) in [5.74, 6) is 1.97. The molecule has 0 radical (unpaired) electrons. The smallest absolute Gasteiger partial charge is 0.228 e. The van der Waals surface area contributed by atoms with Crippen molar-refractivity contribution in [2.24, 2.45) is 17.3 Å². The van der Waals surface area contributed by atoms with E-state index < -0.39 is 0 Å². The van der Waals surface area contributed by atoms with Gasteiger partial charge in [0.05, 0.1) is 5.41 Å². The number of alkyl halides is 1. The highest BCUT2D eigenvalue weighted by Gasteiger charge is 2.59. The van der Waals surface area contributed by atoms with Gasteiger partial charge in [0.2, 0.25) is 5.91 Å². The first kappa shape index (κ1) is 11.1. The predicted octanol–water partition coefficient (Wildman–Crippen LogP) is 2.81. The number of rotatable bonds is 1. The molecule has 0 N–H and O–H groups in total. The molecule has 4 aliphatic rings. The lowest BCUT2D eigenvalue weighted by Crippen LogP contribution is -2.58. The van der Waals surface area contributed by atoms with E-state index in [4.69, 9.17) is 0 Å². The molecule has 0 spiro atoms. The van der Waals surface area contributed by atoms with E-state index >= 15 is 0 Å². The molecule has 4 rings (SSSR count). The van der Waals surface area contributed by atoms with E-state index in [0.717, 1.165) is 31.1 Å². The molecule has 0 saturated heterocycles. The third-order valence-electron chi connectivity index (χ3n) is 4.85. The normalized spacial score (nSPS) is 49.4. The van der Waals surface area contributed by atoms with Crippen LogP contribution in [-0.4, -0.2) is 29.2 Å². The van der Waals surface area contributed by atoms with Crippen LogP contribution in [0, 0.1) is 17.3 Å². The van der Waals surface area contributed by atoms with Crippen LogP contribution in [0.15, 0.2) is 0 Å². The summed E-state index contributed by atoms with van der Waals surface area (Å²) in [6.07, 6.45) is 7.33. The average molecular weight is 286 g/mol. The van der Waals surface area contributed by atoms with E-state index in [0.29, 0.717) is 10.2 Å². The van der Waals surface area contributed by atoms with Crippen LogP contribution >= 0.6 is 15.9 Å². The molecule has 0 aromatic carbocycles. The van der Waals surface area contributed by atoms with Crippen molar-refractivity contribution in [1.82, 2.24) is 4.90 Å². The van der Waals surface area contributed by atoms with Gasteiger partial charge in [-0.3, -0.25) is 4.79 Å². The van der Waals surface area contributed by atoms with E-state index in [1.54, 1.807) is 0 Å². The third-order valence-corrected chi connectivity index (χ3v) is 5.78. The molecule has 0 aliphatic heterocycles. The van der Waals surface area contributed by atoms with Gasteiger partial charge in [-0.2, -0.15) is 0 Å². The van der Waals surface area contributed by atoms with Gasteiger partial charge in [-0.05, 0) is 50.4 Å². The van der Waals surface area contributed by atoms with Gasteiger partial charge in [0, 0.05) is 18.4 Å². The van der Waals surface area contributed by atoms with Gasteiger partial charge in [-0.25, -0.2) is 0 Å². The monoisotopic (exact) mass is 285 g/mol. The van der Waals surface area contributed by atoms with Crippen molar-refractivity contribution < 1.29 is 4.79 Å². The minimum Gasteiger partial charge on any atom is -0.348 e. The lowest BCUT2D eigenvalue weighted by molar-refractivity contribution is -0.152. The standard InChI is InChI=1S/C13H20BrNO/c1-15(2)11(16)12-4-9-3-10(5-12)7-13(14,6-9)8-12/h9-10H,3-8H2,1-2H3. The van der Waals surface area contributed by atoms with E-state index in [-0.39, 0.29) is 5.41 Å². The lowest BCUT2D eigenvalue weighted by atomic mass is 9.49. The van der Waals surface area contributed by atoms with Crippen molar-refractivity contribution in [2.75, 3.05) is 14.1 Å². The molecule has 4 aliphatic carbocycles. The van der Waals surface area contributed by atoms with Crippen molar-refractivity contribution in [3.05, 3.63) is 0 Å². The number of carbonyl (C=O) groups is 1. The van der Waals surface area contributed by atoms with Gasteiger partial charge in [0.1, 0.15) is 0 Å². The Morgan fingerprint density at radius 3 is 2.19 bits per heavy atom. The molecule has 2 atom stereocenters. The van der Waals surface area contributed by atoms with Gasteiger partial charge >= 0.3 is 0 Å². The zero-order valence-corrected chi connectivity index (χ0v) is 11.7. The second-order valence-electron chi connectivity index (χ2n) is 6.59. The number of amides is 1. The fourth-order valence-electron chi connectivity index (χ4n) is 4.88. The Bertz CT molecular complexity index is 325. The molecule has 1 amide bonds. The molecule has 2 nitrogen and oxygen atoms in total. The zero-order valence-electron chi connectivity index (χ0n) is 10.1. The molecule has 3 heteroatoms. The molecule has 4 saturated carbocycles. The first-order valence-corrected chi connectivity index (χ1v) is 7.12. The van der Waals surface area contributed by atoms with Crippen LogP contribution in [0.4, 0.5) is 0 Å². The molecule has 0 aromatic rings. The minimum atomic E-state index is -0.0168. The Morgan fingerprint density at radius 2 is 1.75 bits per heavy atom. The second-order valence-corrected chi connectivity index (χ2v) is 8.27. The van der Waals surface area contributed by atoms with Crippen molar-refractivity contribution in [1.29, 1.82) is 0 Å². The Labute approximate surface area is 106 Å². The Kier molecular flexibility index (Phi) is 2.24. The molecule has 2 unspecified atom stereocenters. The molecule has 0 heterocycles. The second kappa shape index (κ2) is 3.24. The molecular weight excluding hydrogens is 266 g/mol. The first-order valence-electron chi connectivity index (χ1n) is 6.33. The topological polar surface area (TPSA) is 20.3 Å². The highest BCUT2D eigenvalue weighted by Crippen LogP contribution is 2.64. The van der Waals surface area contributed by atoms with Gasteiger partial charge in [0.25, 0.3) is 0 Å². The van der Waals surface area contributed by atoms with Crippen LogP contribution in [0.1, 0.15) is 38.5 Å². The van der Waals surface area contributed by atoms with Crippen LogP contribution in [0.3, 0.4) is 0 Å². The SMILES string of the molecule is CN(C)C(=O)C12CC3CC(CC(Br)(C3)C1)C2. The fraction of sp³-hybridized carbons (Fsp3) is 0.923. The van der Waals surface area contributed by atoms with Gasteiger partial charge < -0.3 is 4.90 Å². The zero-order chi connectivity index (χ0) is 11.6. The highest BCUT2D eigenvalue weighted by molar-refractivity contribution is 9.10. The van der Waals surface area contributed by atoms with E-state index in [1.165, 1.54) is 19.3 Å². The molecule has 90 valence electrons. The van der Waals surface area contributed by atoms with Gasteiger partial charge in [-0.15, -0.1) is 0 Å². The first-order chi connectivity index (χ1) is 7.42. The van der Waals surface area contributed by atoms with Crippen LogP contribution in [0.25, 0.3) is 0 Å². The average Bonchev–Trinajstić information content (AvgIpc) is 2.12. The number of hydrogen-bond donors (Lipinski definition) is 0. The summed E-state index contributed by atoms with van der Waals surface area (Å²) in [6.45, 7) is 0. The number of halogens is 1. The van der Waals surface area contributed by atoms with Crippen LogP contribution in [-0.2, 0) is 4.79 Å². The largest absolute Gasteiger partial charge is 0.348 e. The number of hydrogen-bond acceptors (Lipinski definition) is 1. The fourth-order valence-corrected chi connectivity index (χ4v) is 6.33. The van der Waals surface area contributed by atoms with Crippen LogP contribution < -0.4 is 0 Å². The summed E-state index contributed by atoms with van der Waals surface area (Å²) in [7, 11) is 3.81. The quantitative estimate of drug-likeness (QED) is 0.679. The molecule has 4 fully saturated rings. The molecule has 4 bridgehead atoms. The molecular formula is C13H20BrNO. The summed E-state index contributed by atoms with van der Waals surface area (Å²) >= 11 is 3.94. The maximum atomic E-state index is 12.4. The van der Waals surface area contributed by atoms with Crippen molar-refractivity contribution in [2.45, 2.75) is 42.8 Å². The van der Waals surface area contributed by atoms with Crippen molar-refractivity contribution in [3.8, 4) is 0 Å². The van der Waals surface area contributed by atoms with Crippen LogP contribution in [0.2, 0.25) is 0 Å². The Hall–Kier alpha value is -0.0500. The van der Waals surface area contributed by atoms with Gasteiger partial charge in [0.15, 0.2) is 0 Å². The van der Waals surface area contributed by atoms with Gasteiger partial charge in [-0.1, -0.05) is 15.9 Å². The Balaban J connectivity index is 1.95.